The van der Waals surface area contributed by atoms with E-state index in [-0.39, 0.29) is 6.61 Å². The monoisotopic (exact) mass is 240 g/mol. The summed E-state index contributed by atoms with van der Waals surface area (Å²) in [4.78, 5) is 0. The molecule has 1 fully saturated rings. The van der Waals surface area contributed by atoms with Crippen LogP contribution in [0, 0.1) is 0 Å². The first kappa shape index (κ1) is 12.5. The molecule has 0 aliphatic carbocycles. The summed E-state index contributed by atoms with van der Waals surface area (Å²) < 4.78 is 10.3. The summed E-state index contributed by atoms with van der Waals surface area (Å²) in [5.74, 6) is 0. The maximum atomic E-state index is 9.51. The van der Waals surface area contributed by atoms with Gasteiger partial charge in [0.1, 0.15) is 18.3 Å². The lowest BCUT2D eigenvalue weighted by atomic mass is 10.1. The first-order valence-electron chi connectivity index (χ1n) is 5.50. The fourth-order valence-electron chi connectivity index (χ4n) is 1.73. The molecule has 4 atom stereocenters. The number of aliphatic hydroxyl groups excluding tert-OH is 3. The fraction of sp³-hybridized carbons (Fsp3) is 0.500. The van der Waals surface area contributed by atoms with Crippen LogP contribution in [0.5, 0.6) is 0 Å². The van der Waals surface area contributed by atoms with Crippen molar-refractivity contribution < 1.29 is 24.8 Å². The second-order valence-electron chi connectivity index (χ2n) is 4.05. The Morgan fingerprint density at radius 3 is 2.35 bits per heavy atom. The highest BCUT2D eigenvalue weighted by Crippen LogP contribution is 2.19. The van der Waals surface area contributed by atoms with Crippen LogP contribution in [0.4, 0.5) is 0 Å². The van der Waals surface area contributed by atoms with Crippen LogP contribution in [-0.4, -0.2) is 46.5 Å². The van der Waals surface area contributed by atoms with Crippen molar-refractivity contribution in [2.24, 2.45) is 0 Å². The van der Waals surface area contributed by atoms with Gasteiger partial charge in [0.2, 0.25) is 0 Å². The molecule has 1 aromatic carbocycles. The normalized spacial score (nSPS) is 32.9. The van der Waals surface area contributed by atoms with Gasteiger partial charge in [-0.3, -0.25) is 0 Å². The molecule has 1 aliphatic rings. The van der Waals surface area contributed by atoms with Gasteiger partial charge in [0.05, 0.1) is 13.2 Å². The van der Waals surface area contributed by atoms with Gasteiger partial charge in [0, 0.05) is 0 Å². The van der Waals surface area contributed by atoms with Gasteiger partial charge in [-0.15, -0.1) is 0 Å². The van der Waals surface area contributed by atoms with Crippen molar-refractivity contribution in [3.05, 3.63) is 35.9 Å². The summed E-state index contributed by atoms with van der Waals surface area (Å²) in [5, 5.41) is 27.9. The second kappa shape index (κ2) is 5.57. The van der Waals surface area contributed by atoms with E-state index in [2.05, 4.69) is 0 Å². The Hall–Kier alpha value is -0.980. The zero-order valence-electron chi connectivity index (χ0n) is 9.27. The quantitative estimate of drug-likeness (QED) is 0.670. The molecule has 1 heterocycles. The molecule has 1 aliphatic heterocycles. The van der Waals surface area contributed by atoms with Crippen molar-refractivity contribution in [2.45, 2.75) is 31.2 Å². The Bertz CT molecular complexity index is 342. The van der Waals surface area contributed by atoms with Crippen LogP contribution in [0.2, 0.25) is 0 Å². The highest BCUT2D eigenvalue weighted by molar-refractivity contribution is 5.13. The lowest BCUT2D eigenvalue weighted by molar-refractivity contribution is -0.137. The minimum absolute atomic E-state index is 0.129. The topological polar surface area (TPSA) is 79.2 Å². The van der Waals surface area contributed by atoms with E-state index in [9.17, 15) is 10.2 Å². The third kappa shape index (κ3) is 3.02. The molecule has 2 rings (SSSR count). The molecule has 5 nitrogen and oxygen atoms in total. The van der Waals surface area contributed by atoms with Crippen LogP contribution in [-0.2, 0) is 16.1 Å². The van der Waals surface area contributed by atoms with Gasteiger partial charge in [0.15, 0.2) is 6.29 Å². The second-order valence-corrected chi connectivity index (χ2v) is 4.05. The minimum Gasteiger partial charge on any atom is -0.387 e. The van der Waals surface area contributed by atoms with E-state index < -0.39 is 24.6 Å². The van der Waals surface area contributed by atoms with Gasteiger partial charge in [-0.05, 0) is 5.56 Å². The number of rotatable bonds is 4. The van der Waals surface area contributed by atoms with E-state index in [4.69, 9.17) is 14.6 Å². The highest BCUT2D eigenvalue weighted by Gasteiger charge is 2.41. The van der Waals surface area contributed by atoms with Crippen LogP contribution >= 0.6 is 0 Å². The number of benzene rings is 1. The number of ether oxygens (including phenoxy) is 2. The Balaban J connectivity index is 1.76. The van der Waals surface area contributed by atoms with Crippen LogP contribution in [0.25, 0.3) is 0 Å². The molecule has 5 heteroatoms. The van der Waals surface area contributed by atoms with Gasteiger partial charge >= 0.3 is 0 Å². The lowest BCUT2D eigenvalue weighted by Crippen LogP contribution is -2.34. The van der Waals surface area contributed by atoms with Crippen LogP contribution in [0.1, 0.15) is 5.56 Å². The molecule has 0 radical (unpaired) electrons. The maximum Gasteiger partial charge on any atom is 0.184 e. The molecule has 1 aromatic rings. The zero-order chi connectivity index (χ0) is 12.3. The van der Waals surface area contributed by atoms with Gasteiger partial charge in [0.25, 0.3) is 0 Å². The molecule has 0 unspecified atom stereocenters. The lowest BCUT2D eigenvalue weighted by Gasteiger charge is -2.14. The first-order valence-corrected chi connectivity index (χ1v) is 5.50. The molecule has 0 bridgehead atoms. The first-order chi connectivity index (χ1) is 8.18. The van der Waals surface area contributed by atoms with Crippen molar-refractivity contribution in [1.82, 2.24) is 0 Å². The molecule has 1 saturated heterocycles. The Morgan fingerprint density at radius 1 is 1.06 bits per heavy atom. The smallest absolute Gasteiger partial charge is 0.184 e. The van der Waals surface area contributed by atoms with E-state index in [1.54, 1.807) is 0 Å². The Labute approximate surface area is 99.2 Å². The van der Waals surface area contributed by atoms with Crippen molar-refractivity contribution in [2.75, 3.05) is 6.61 Å². The molecule has 0 saturated carbocycles. The van der Waals surface area contributed by atoms with Gasteiger partial charge in [-0.2, -0.15) is 0 Å². The third-order valence-corrected chi connectivity index (χ3v) is 2.73. The summed E-state index contributed by atoms with van der Waals surface area (Å²) in [6.07, 6.45) is -4.40. The van der Waals surface area contributed by atoms with E-state index in [0.717, 1.165) is 5.56 Å². The summed E-state index contributed by atoms with van der Waals surface area (Å²) in [5.41, 5.74) is 1.01. The SMILES string of the molecule is O[C@@H]1[C@H](O)[C@@H](COCc2ccccc2)O[C@H]1O. The van der Waals surface area contributed by atoms with Gasteiger partial charge in [-0.25, -0.2) is 0 Å². The van der Waals surface area contributed by atoms with Gasteiger partial charge in [-0.1, -0.05) is 30.3 Å². The highest BCUT2D eigenvalue weighted by atomic mass is 16.7. The molecule has 17 heavy (non-hydrogen) atoms. The largest absolute Gasteiger partial charge is 0.387 e. The summed E-state index contributed by atoms with van der Waals surface area (Å²) >= 11 is 0. The van der Waals surface area contributed by atoms with Crippen LogP contribution in [0.15, 0.2) is 30.3 Å². The van der Waals surface area contributed by atoms with E-state index in [1.807, 2.05) is 30.3 Å². The average Bonchev–Trinajstić information content (AvgIpc) is 2.59. The van der Waals surface area contributed by atoms with Crippen molar-refractivity contribution >= 4 is 0 Å². The predicted molar refractivity (Wildman–Crippen MR) is 59.0 cm³/mol. The number of hydrogen-bond donors (Lipinski definition) is 3. The minimum atomic E-state index is -1.34. The van der Waals surface area contributed by atoms with Crippen LogP contribution in [0.3, 0.4) is 0 Å². The van der Waals surface area contributed by atoms with E-state index in [0.29, 0.717) is 6.61 Å². The standard InChI is InChI=1S/C12H16O5/c13-10-9(17-12(15)11(10)14)7-16-6-8-4-2-1-3-5-8/h1-5,9-15H,6-7H2/t9-,10-,11-,12-/m1/s1. The summed E-state index contributed by atoms with van der Waals surface area (Å²) in [7, 11) is 0. The van der Waals surface area contributed by atoms with Crippen molar-refractivity contribution in [3.8, 4) is 0 Å². The van der Waals surface area contributed by atoms with E-state index >= 15 is 0 Å². The van der Waals surface area contributed by atoms with Crippen LogP contribution < -0.4 is 0 Å². The fourth-order valence-corrected chi connectivity index (χ4v) is 1.73. The average molecular weight is 240 g/mol. The van der Waals surface area contributed by atoms with E-state index in [1.165, 1.54) is 0 Å². The molecular weight excluding hydrogens is 224 g/mol. The van der Waals surface area contributed by atoms with Crippen molar-refractivity contribution in [3.63, 3.8) is 0 Å². The molecular formula is C12H16O5. The van der Waals surface area contributed by atoms with Crippen molar-refractivity contribution in [1.29, 1.82) is 0 Å². The zero-order valence-corrected chi connectivity index (χ0v) is 9.27. The molecule has 0 aromatic heterocycles. The Kier molecular flexibility index (Phi) is 4.09. The molecule has 0 spiro atoms. The molecule has 3 N–H and O–H groups in total. The van der Waals surface area contributed by atoms with Gasteiger partial charge < -0.3 is 24.8 Å². The predicted octanol–water partition coefficient (Wildman–Crippen LogP) is -0.358. The maximum absolute atomic E-state index is 9.51. The summed E-state index contributed by atoms with van der Waals surface area (Å²) in [6, 6.07) is 9.59. The third-order valence-electron chi connectivity index (χ3n) is 2.73. The molecule has 0 amide bonds. The summed E-state index contributed by atoms with van der Waals surface area (Å²) in [6.45, 7) is 0.532. The molecule has 94 valence electrons. The number of hydrogen-bond acceptors (Lipinski definition) is 5. The Morgan fingerprint density at radius 2 is 1.76 bits per heavy atom. The number of aliphatic hydroxyl groups is 3.